The Morgan fingerprint density at radius 2 is 2.00 bits per heavy atom. The van der Waals surface area contributed by atoms with Crippen LogP contribution < -0.4 is 5.32 Å². The Balaban J connectivity index is 2.51. The van der Waals surface area contributed by atoms with Crippen molar-refractivity contribution in [3.8, 4) is 0 Å². The highest BCUT2D eigenvalue weighted by Gasteiger charge is 2.40. The van der Waals surface area contributed by atoms with Gasteiger partial charge in [0.05, 0.1) is 5.60 Å². The lowest BCUT2D eigenvalue weighted by atomic mass is 9.94. The second-order valence-electron chi connectivity index (χ2n) is 3.91. The zero-order chi connectivity index (χ0) is 8.48. The van der Waals surface area contributed by atoms with E-state index in [4.69, 9.17) is 4.74 Å². The summed E-state index contributed by atoms with van der Waals surface area (Å²) < 4.78 is 5.43. The van der Waals surface area contributed by atoms with Crippen molar-refractivity contribution in [2.75, 3.05) is 14.2 Å². The second-order valence-corrected chi connectivity index (χ2v) is 3.91. The van der Waals surface area contributed by atoms with Gasteiger partial charge in [-0.1, -0.05) is 0 Å². The van der Waals surface area contributed by atoms with Gasteiger partial charge in [0.1, 0.15) is 0 Å². The van der Waals surface area contributed by atoms with Gasteiger partial charge in [-0.3, -0.25) is 0 Å². The molecule has 0 bridgehead atoms. The summed E-state index contributed by atoms with van der Waals surface area (Å²) in [6.07, 6.45) is 2.72. The summed E-state index contributed by atoms with van der Waals surface area (Å²) in [6.45, 7) is 4.29. The average Bonchev–Trinajstić information content (AvgIpc) is 2.73. The molecule has 2 heteroatoms. The van der Waals surface area contributed by atoms with Gasteiger partial charge >= 0.3 is 0 Å². The molecule has 1 rings (SSSR count). The quantitative estimate of drug-likeness (QED) is 0.666. The molecule has 1 atom stereocenters. The number of nitrogens with one attached hydrogen (secondary N) is 1. The average molecular weight is 157 g/mol. The molecule has 66 valence electrons. The van der Waals surface area contributed by atoms with Gasteiger partial charge in [-0.2, -0.15) is 0 Å². The molecule has 0 aromatic heterocycles. The monoisotopic (exact) mass is 157 g/mol. The lowest BCUT2D eigenvalue weighted by Crippen LogP contribution is -2.48. The van der Waals surface area contributed by atoms with E-state index in [1.165, 1.54) is 12.8 Å². The fourth-order valence-electron chi connectivity index (χ4n) is 1.71. The van der Waals surface area contributed by atoms with Gasteiger partial charge in [-0.05, 0) is 39.7 Å². The largest absolute Gasteiger partial charge is 0.377 e. The molecule has 0 amide bonds. The van der Waals surface area contributed by atoms with E-state index in [-0.39, 0.29) is 5.60 Å². The van der Waals surface area contributed by atoms with Gasteiger partial charge in [-0.15, -0.1) is 0 Å². The van der Waals surface area contributed by atoms with Crippen molar-refractivity contribution >= 4 is 0 Å². The molecular formula is C9H19NO. The summed E-state index contributed by atoms with van der Waals surface area (Å²) >= 11 is 0. The van der Waals surface area contributed by atoms with Crippen LogP contribution in [0.2, 0.25) is 0 Å². The molecule has 0 heterocycles. The van der Waals surface area contributed by atoms with E-state index in [2.05, 4.69) is 19.2 Å². The van der Waals surface area contributed by atoms with Crippen LogP contribution in [0.25, 0.3) is 0 Å². The van der Waals surface area contributed by atoms with E-state index in [0.717, 1.165) is 5.92 Å². The molecule has 0 aromatic carbocycles. The third-order valence-electron chi connectivity index (χ3n) is 2.68. The number of rotatable bonds is 4. The van der Waals surface area contributed by atoms with Crippen molar-refractivity contribution in [2.45, 2.75) is 38.3 Å². The van der Waals surface area contributed by atoms with E-state index >= 15 is 0 Å². The lowest BCUT2D eigenvalue weighted by molar-refractivity contribution is -0.0143. The highest BCUT2D eigenvalue weighted by Crippen LogP contribution is 2.37. The Hall–Kier alpha value is -0.0800. The Morgan fingerprint density at radius 3 is 2.27 bits per heavy atom. The summed E-state index contributed by atoms with van der Waals surface area (Å²) in [5.41, 5.74) is -0.0179. The van der Waals surface area contributed by atoms with Crippen molar-refractivity contribution in [1.29, 1.82) is 0 Å². The Bertz CT molecular complexity index is 130. The van der Waals surface area contributed by atoms with Crippen LogP contribution in [0.4, 0.5) is 0 Å². The molecule has 1 saturated carbocycles. The van der Waals surface area contributed by atoms with Gasteiger partial charge < -0.3 is 10.1 Å². The first-order valence-corrected chi connectivity index (χ1v) is 4.34. The highest BCUT2D eigenvalue weighted by atomic mass is 16.5. The molecule has 1 fully saturated rings. The van der Waals surface area contributed by atoms with Crippen LogP contribution in [0.5, 0.6) is 0 Å². The topological polar surface area (TPSA) is 21.3 Å². The maximum atomic E-state index is 5.43. The third-order valence-corrected chi connectivity index (χ3v) is 2.68. The summed E-state index contributed by atoms with van der Waals surface area (Å²) in [5.74, 6) is 0.843. The van der Waals surface area contributed by atoms with E-state index in [9.17, 15) is 0 Å². The van der Waals surface area contributed by atoms with Gasteiger partial charge in [-0.25, -0.2) is 0 Å². The van der Waals surface area contributed by atoms with Crippen molar-refractivity contribution in [3.05, 3.63) is 0 Å². The number of ether oxygens (including phenoxy) is 1. The number of hydrogen-bond acceptors (Lipinski definition) is 2. The van der Waals surface area contributed by atoms with E-state index < -0.39 is 0 Å². The zero-order valence-corrected chi connectivity index (χ0v) is 7.98. The van der Waals surface area contributed by atoms with E-state index in [1.54, 1.807) is 7.11 Å². The minimum Gasteiger partial charge on any atom is -0.377 e. The molecule has 0 aromatic rings. The molecular weight excluding hydrogens is 138 g/mol. The summed E-state index contributed by atoms with van der Waals surface area (Å²) in [7, 11) is 3.80. The van der Waals surface area contributed by atoms with Crippen LogP contribution in [0.1, 0.15) is 26.7 Å². The number of likely N-dealkylation sites (N-methyl/N-ethyl adjacent to an activating group) is 1. The first kappa shape index (κ1) is 9.01. The maximum absolute atomic E-state index is 5.43. The van der Waals surface area contributed by atoms with Crippen molar-refractivity contribution in [2.24, 2.45) is 5.92 Å². The Kier molecular flexibility index (Phi) is 2.55. The normalized spacial score (nSPS) is 21.8. The first-order valence-electron chi connectivity index (χ1n) is 4.34. The molecule has 1 N–H and O–H groups in total. The Labute approximate surface area is 69.3 Å². The van der Waals surface area contributed by atoms with Crippen molar-refractivity contribution < 1.29 is 4.74 Å². The van der Waals surface area contributed by atoms with Crippen LogP contribution in [0.3, 0.4) is 0 Å². The summed E-state index contributed by atoms with van der Waals surface area (Å²) in [4.78, 5) is 0. The summed E-state index contributed by atoms with van der Waals surface area (Å²) in [5, 5.41) is 3.33. The Morgan fingerprint density at radius 1 is 1.45 bits per heavy atom. The molecule has 0 saturated heterocycles. The molecule has 0 radical (unpaired) electrons. The van der Waals surface area contributed by atoms with Gasteiger partial charge in [0.15, 0.2) is 0 Å². The van der Waals surface area contributed by atoms with Gasteiger partial charge in [0.2, 0.25) is 0 Å². The smallest absolute Gasteiger partial charge is 0.0777 e. The molecule has 11 heavy (non-hydrogen) atoms. The van der Waals surface area contributed by atoms with Crippen molar-refractivity contribution in [3.63, 3.8) is 0 Å². The predicted octanol–water partition coefficient (Wildman–Crippen LogP) is 1.41. The molecule has 2 nitrogen and oxygen atoms in total. The van der Waals surface area contributed by atoms with Crippen molar-refractivity contribution in [1.82, 2.24) is 5.32 Å². The predicted molar refractivity (Wildman–Crippen MR) is 46.7 cm³/mol. The van der Waals surface area contributed by atoms with Crippen LogP contribution in [0, 0.1) is 5.92 Å². The van der Waals surface area contributed by atoms with Crippen LogP contribution in [-0.2, 0) is 4.74 Å². The molecule has 0 spiro atoms. The SMILES string of the molecule is CNC(C1CC1)C(C)(C)OC. The van der Waals surface area contributed by atoms with E-state index in [0.29, 0.717) is 6.04 Å². The number of methoxy groups -OCH3 is 1. The van der Waals surface area contributed by atoms with Gasteiger partial charge in [0, 0.05) is 13.2 Å². The maximum Gasteiger partial charge on any atom is 0.0777 e. The fourth-order valence-corrected chi connectivity index (χ4v) is 1.71. The van der Waals surface area contributed by atoms with Gasteiger partial charge in [0.25, 0.3) is 0 Å². The summed E-state index contributed by atoms with van der Waals surface area (Å²) in [6, 6.07) is 0.521. The standard InChI is InChI=1S/C9H19NO/c1-9(2,11-4)8(10-3)7-5-6-7/h7-8,10H,5-6H2,1-4H3. The van der Waals surface area contributed by atoms with E-state index in [1.807, 2.05) is 7.05 Å². The zero-order valence-electron chi connectivity index (χ0n) is 7.98. The number of hydrogen-bond donors (Lipinski definition) is 1. The third kappa shape index (κ3) is 1.94. The lowest BCUT2D eigenvalue weighted by Gasteiger charge is -2.33. The van der Waals surface area contributed by atoms with Crippen LogP contribution in [-0.4, -0.2) is 25.8 Å². The fraction of sp³-hybridized carbons (Fsp3) is 1.00. The molecule has 1 aliphatic rings. The minimum atomic E-state index is -0.0179. The molecule has 1 aliphatic carbocycles. The van der Waals surface area contributed by atoms with Crippen LogP contribution in [0.15, 0.2) is 0 Å². The van der Waals surface area contributed by atoms with Crippen LogP contribution >= 0.6 is 0 Å². The molecule has 1 unspecified atom stereocenters. The molecule has 0 aliphatic heterocycles. The second kappa shape index (κ2) is 3.11. The minimum absolute atomic E-state index is 0.0179. The first-order chi connectivity index (χ1) is 5.11. The highest BCUT2D eigenvalue weighted by molar-refractivity contribution is 4.95.